The summed E-state index contributed by atoms with van der Waals surface area (Å²) in [6.07, 6.45) is -0.723. The molecule has 0 amide bonds. The van der Waals surface area contributed by atoms with Crippen LogP contribution >= 0.6 is 11.6 Å². The van der Waals surface area contributed by atoms with Crippen molar-refractivity contribution in [3.63, 3.8) is 0 Å². The van der Waals surface area contributed by atoms with Gasteiger partial charge in [0.2, 0.25) is 5.92 Å². The molecule has 1 fully saturated rings. The summed E-state index contributed by atoms with van der Waals surface area (Å²) in [5.41, 5.74) is 5.05. The lowest BCUT2D eigenvalue weighted by molar-refractivity contribution is -0.123. The zero-order chi connectivity index (χ0) is 12.0. The maximum absolute atomic E-state index is 13.2. The molecule has 1 aliphatic carbocycles. The molecule has 0 radical (unpaired) electrons. The highest BCUT2D eigenvalue weighted by molar-refractivity contribution is 6.31. The standard InChI is InChI=1S/C11H11ClF3N/c12-9-7(2-1-3-8(9)13)10(6-16)4-11(14,15)5-10/h1-3H,4-6,16H2. The average Bonchev–Trinajstić information content (AvgIpc) is 2.18. The normalized spacial score (nSPS) is 21.6. The van der Waals surface area contributed by atoms with Crippen molar-refractivity contribution < 1.29 is 13.2 Å². The minimum atomic E-state index is -2.71. The second-order valence-electron chi connectivity index (χ2n) is 4.30. The minimum absolute atomic E-state index is 0.0474. The maximum atomic E-state index is 13.2. The van der Waals surface area contributed by atoms with Gasteiger partial charge in [-0.15, -0.1) is 0 Å². The van der Waals surface area contributed by atoms with Crippen molar-refractivity contribution in [3.05, 3.63) is 34.6 Å². The molecule has 0 aliphatic heterocycles. The summed E-state index contributed by atoms with van der Waals surface area (Å²) in [6.45, 7) is 0.0474. The van der Waals surface area contributed by atoms with Crippen molar-refractivity contribution in [2.24, 2.45) is 5.73 Å². The third-order valence-corrected chi connectivity index (χ3v) is 3.49. The molecule has 1 nitrogen and oxygen atoms in total. The van der Waals surface area contributed by atoms with Crippen LogP contribution in [-0.4, -0.2) is 12.5 Å². The molecule has 2 rings (SSSR count). The van der Waals surface area contributed by atoms with Crippen LogP contribution in [-0.2, 0) is 5.41 Å². The highest BCUT2D eigenvalue weighted by Crippen LogP contribution is 2.54. The maximum Gasteiger partial charge on any atom is 0.250 e. The zero-order valence-corrected chi connectivity index (χ0v) is 9.20. The molecule has 1 saturated carbocycles. The van der Waals surface area contributed by atoms with Gasteiger partial charge in [-0.05, 0) is 11.6 Å². The van der Waals surface area contributed by atoms with E-state index in [0.717, 1.165) is 0 Å². The smallest absolute Gasteiger partial charge is 0.250 e. The van der Waals surface area contributed by atoms with Crippen molar-refractivity contribution in [1.82, 2.24) is 0 Å². The van der Waals surface area contributed by atoms with Crippen molar-refractivity contribution in [2.75, 3.05) is 6.54 Å². The van der Waals surface area contributed by atoms with E-state index in [1.54, 1.807) is 6.07 Å². The number of hydrogen-bond donors (Lipinski definition) is 1. The van der Waals surface area contributed by atoms with Crippen LogP contribution in [0, 0.1) is 5.82 Å². The first-order chi connectivity index (χ1) is 7.40. The van der Waals surface area contributed by atoms with Crippen LogP contribution in [0.25, 0.3) is 0 Å². The highest BCUT2D eigenvalue weighted by Gasteiger charge is 2.57. The Kier molecular flexibility index (Phi) is 2.67. The van der Waals surface area contributed by atoms with E-state index in [4.69, 9.17) is 17.3 Å². The molecule has 2 N–H and O–H groups in total. The lowest BCUT2D eigenvalue weighted by Gasteiger charge is -2.47. The fourth-order valence-electron chi connectivity index (χ4n) is 2.30. The molecular formula is C11H11ClF3N. The van der Waals surface area contributed by atoms with Gasteiger partial charge in [-0.1, -0.05) is 23.7 Å². The second-order valence-corrected chi connectivity index (χ2v) is 4.67. The Labute approximate surface area is 96.4 Å². The molecule has 0 saturated heterocycles. The van der Waals surface area contributed by atoms with Gasteiger partial charge < -0.3 is 5.73 Å². The van der Waals surface area contributed by atoms with E-state index in [9.17, 15) is 13.2 Å². The number of rotatable bonds is 2. The van der Waals surface area contributed by atoms with E-state index in [-0.39, 0.29) is 24.4 Å². The molecule has 0 atom stereocenters. The van der Waals surface area contributed by atoms with Crippen molar-refractivity contribution in [3.8, 4) is 0 Å². The quantitative estimate of drug-likeness (QED) is 0.856. The molecule has 0 heterocycles. The number of nitrogens with two attached hydrogens (primary N) is 1. The summed E-state index contributed by atoms with van der Waals surface area (Å²) >= 11 is 5.79. The first kappa shape index (κ1) is 11.7. The van der Waals surface area contributed by atoms with Crippen molar-refractivity contribution >= 4 is 11.6 Å². The van der Waals surface area contributed by atoms with Crippen LogP contribution in [0.3, 0.4) is 0 Å². The van der Waals surface area contributed by atoms with Gasteiger partial charge in [-0.25, -0.2) is 13.2 Å². The van der Waals surface area contributed by atoms with Crippen LogP contribution in [0.4, 0.5) is 13.2 Å². The molecule has 1 aromatic rings. The Bertz CT molecular complexity index is 412. The molecule has 0 aromatic heterocycles. The van der Waals surface area contributed by atoms with E-state index in [0.29, 0.717) is 5.56 Å². The fourth-order valence-corrected chi connectivity index (χ4v) is 2.62. The van der Waals surface area contributed by atoms with Crippen molar-refractivity contribution in [1.29, 1.82) is 0 Å². The number of halogens is 4. The summed E-state index contributed by atoms with van der Waals surface area (Å²) in [5.74, 6) is -3.31. The Morgan fingerprint density at radius 2 is 1.94 bits per heavy atom. The number of hydrogen-bond acceptors (Lipinski definition) is 1. The molecule has 5 heteroatoms. The summed E-state index contributed by atoms with van der Waals surface area (Å²) in [5, 5.41) is -0.0940. The third kappa shape index (κ3) is 1.70. The van der Waals surface area contributed by atoms with Gasteiger partial charge >= 0.3 is 0 Å². The van der Waals surface area contributed by atoms with Crippen molar-refractivity contribution in [2.45, 2.75) is 24.2 Å². The van der Waals surface area contributed by atoms with Gasteiger partial charge in [0, 0.05) is 24.8 Å². The molecule has 16 heavy (non-hydrogen) atoms. The van der Waals surface area contributed by atoms with Crippen LogP contribution < -0.4 is 5.73 Å². The van der Waals surface area contributed by atoms with Gasteiger partial charge in [0.1, 0.15) is 5.82 Å². The molecule has 1 aromatic carbocycles. The molecule has 0 bridgehead atoms. The summed E-state index contributed by atoms with van der Waals surface area (Å²) in [7, 11) is 0. The molecule has 0 spiro atoms. The predicted molar refractivity (Wildman–Crippen MR) is 56.3 cm³/mol. The van der Waals surface area contributed by atoms with Crippen LogP contribution in [0.15, 0.2) is 18.2 Å². The molecule has 0 unspecified atom stereocenters. The lowest BCUT2D eigenvalue weighted by atomic mass is 9.62. The minimum Gasteiger partial charge on any atom is -0.330 e. The third-order valence-electron chi connectivity index (χ3n) is 3.11. The van der Waals surface area contributed by atoms with Gasteiger partial charge in [0.05, 0.1) is 5.02 Å². The molecular weight excluding hydrogens is 239 g/mol. The highest BCUT2D eigenvalue weighted by atomic mass is 35.5. The van der Waals surface area contributed by atoms with Gasteiger partial charge in [0.15, 0.2) is 0 Å². The van der Waals surface area contributed by atoms with Gasteiger partial charge in [-0.2, -0.15) is 0 Å². The van der Waals surface area contributed by atoms with E-state index >= 15 is 0 Å². The zero-order valence-electron chi connectivity index (χ0n) is 8.44. The van der Waals surface area contributed by atoms with Crippen LogP contribution in [0.2, 0.25) is 5.02 Å². The summed E-state index contributed by atoms with van der Waals surface area (Å²) < 4.78 is 39.1. The van der Waals surface area contributed by atoms with E-state index in [1.807, 2.05) is 0 Å². The number of benzene rings is 1. The van der Waals surface area contributed by atoms with E-state index in [2.05, 4.69) is 0 Å². The van der Waals surface area contributed by atoms with Gasteiger partial charge in [0.25, 0.3) is 0 Å². The largest absolute Gasteiger partial charge is 0.330 e. The van der Waals surface area contributed by atoms with Crippen LogP contribution in [0.5, 0.6) is 0 Å². The Hall–Kier alpha value is -0.740. The first-order valence-corrected chi connectivity index (χ1v) is 5.30. The molecule has 1 aliphatic rings. The van der Waals surface area contributed by atoms with Crippen LogP contribution in [0.1, 0.15) is 18.4 Å². The Morgan fingerprint density at radius 1 is 1.31 bits per heavy atom. The first-order valence-electron chi connectivity index (χ1n) is 4.93. The predicted octanol–water partition coefficient (Wildman–Crippen LogP) is 3.10. The average molecular weight is 250 g/mol. The Morgan fingerprint density at radius 3 is 2.44 bits per heavy atom. The van der Waals surface area contributed by atoms with E-state index in [1.165, 1.54) is 12.1 Å². The lowest BCUT2D eigenvalue weighted by Crippen LogP contribution is -2.53. The van der Waals surface area contributed by atoms with Gasteiger partial charge in [-0.3, -0.25) is 0 Å². The summed E-state index contributed by atoms with van der Waals surface area (Å²) in [4.78, 5) is 0. The fraction of sp³-hybridized carbons (Fsp3) is 0.455. The number of alkyl halides is 2. The second kappa shape index (κ2) is 3.64. The van der Waals surface area contributed by atoms with E-state index < -0.39 is 17.2 Å². The molecule has 88 valence electrons. The summed E-state index contributed by atoms with van der Waals surface area (Å²) in [6, 6.07) is 4.23. The SMILES string of the molecule is NCC1(c2cccc(F)c2Cl)CC(F)(F)C1. The topological polar surface area (TPSA) is 26.0 Å². The Balaban J connectivity index is 2.40. The monoisotopic (exact) mass is 249 g/mol.